The van der Waals surface area contributed by atoms with E-state index in [1.807, 2.05) is 30.3 Å². The number of carbonyl (C=O) groups is 1. The molecule has 0 saturated carbocycles. The highest BCUT2D eigenvalue weighted by Crippen LogP contribution is 2.41. The molecule has 0 N–H and O–H groups in total. The molecule has 2 aliphatic heterocycles. The van der Waals surface area contributed by atoms with E-state index in [0.29, 0.717) is 0 Å². The second kappa shape index (κ2) is 6.75. The highest BCUT2D eigenvalue weighted by atomic mass is 16.7. The minimum atomic E-state index is -0.494. The third-order valence-electron chi connectivity index (χ3n) is 4.06. The van der Waals surface area contributed by atoms with Crippen molar-refractivity contribution in [1.82, 2.24) is 0 Å². The lowest BCUT2D eigenvalue weighted by Gasteiger charge is -2.32. The van der Waals surface area contributed by atoms with Crippen LogP contribution >= 0.6 is 0 Å². The first-order valence-corrected chi connectivity index (χ1v) is 7.28. The molecular weight excluding hydrogens is 288 g/mol. The summed E-state index contributed by atoms with van der Waals surface area (Å²) in [4.78, 5) is 11.8. The average molecular weight is 308 g/mol. The smallest absolute Gasteiger partial charge is 0.308 e. The van der Waals surface area contributed by atoms with Crippen molar-refractivity contribution in [2.75, 3.05) is 21.0 Å². The molecular formula is C16H20O6. The lowest BCUT2D eigenvalue weighted by atomic mass is 9.96. The molecule has 0 amide bonds. The van der Waals surface area contributed by atoms with E-state index in [9.17, 15) is 4.79 Å². The van der Waals surface area contributed by atoms with Crippen LogP contribution in [0.1, 0.15) is 18.1 Å². The molecule has 0 bridgehead atoms. The van der Waals surface area contributed by atoms with Gasteiger partial charge in [-0.25, -0.2) is 0 Å². The summed E-state index contributed by atoms with van der Waals surface area (Å²) in [5.74, 6) is -0.295. The predicted octanol–water partition coefficient (Wildman–Crippen LogP) is 1.45. The summed E-state index contributed by atoms with van der Waals surface area (Å²) in [6.45, 7) is 0.107. The fourth-order valence-electron chi connectivity index (χ4n) is 3.05. The van der Waals surface area contributed by atoms with Gasteiger partial charge in [-0.1, -0.05) is 30.3 Å². The van der Waals surface area contributed by atoms with Gasteiger partial charge in [0.25, 0.3) is 0 Å². The van der Waals surface area contributed by atoms with Crippen LogP contribution in [-0.2, 0) is 28.5 Å². The third kappa shape index (κ3) is 2.87. The van der Waals surface area contributed by atoms with Gasteiger partial charge in [-0.15, -0.1) is 0 Å². The number of hydrogen-bond donors (Lipinski definition) is 0. The summed E-state index contributed by atoms with van der Waals surface area (Å²) in [5, 5.41) is 0. The van der Waals surface area contributed by atoms with Gasteiger partial charge in [0.2, 0.25) is 0 Å². The van der Waals surface area contributed by atoms with Gasteiger partial charge < -0.3 is 23.7 Å². The summed E-state index contributed by atoms with van der Waals surface area (Å²) < 4.78 is 27.8. The highest BCUT2D eigenvalue weighted by molar-refractivity contribution is 5.71. The van der Waals surface area contributed by atoms with Gasteiger partial charge in [-0.05, 0) is 5.56 Å². The monoisotopic (exact) mass is 308 g/mol. The molecule has 0 aromatic heterocycles. The Labute approximate surface area is 129 Å². The van der Waals surface area contributed by atoms with E-state index in [1.54, 1.807) is 14.2 Å². The van der Waals surface area contributed by atoms with Crippen LogP contribution < -0.4 is 0 Å². The van der Waals surface area contributed by atoms with E-state index < -0.39 is 12.2 Å². The Bertz CT molecular complexity index is 505. The molecule has 5 atom stereocenters. The van der Waals surface area contributed by atoms with Crippen LogP contribution in [0.15, 0.2) is 30.3 Å². The number of fused-ring (bicyclic) bond motifs is 1. The van der Waals surface area contributed by atoms with Crippen molar-refractivity contribution >= 4 is 5.97 Å². The van der Waals surface area contributed by atoms with Gasteiger partial charge >= 0.3 is 5.97 Å². The number of carbonyl (C=O) groups excluding carboxylic acids is 1. The molecule has 2 aliphatic rings. The van der Waals surface area contributed by atoms with Crippen molar-refractivity contribution in [3.05, 3.63) is 35.9 Å². The standard InChI is InChI=1S/C16H20O6/c1-18-9-20-15-13(10-6-4-3-5-7-10)22-14-11(19-2)8-12(17)21-16(14)15/h3-7,11,13-16H,8-9H2,1-2H3/t11-,13-,14+,15-,16-/m1/s1. The van der Waals surface area contributed by atoms with Gasteiger partial charge in [0.05, 0.1) is 12.5 Å². The molecule has 22 heavy (non-hydrogen) atoms. The molecule has 2 fully saturated rings. The number of benzene rings is 1. The third-order valence-corrected chi connectivity index (χ3v) is 4.06. The molecule has 0 unspecified atom stereocenters. The Balaban J connectivity index is 1.88. The zero-order valence-corrected chi connectivity index (χ0v) is 12.6. The topological polar surface area (TPSA) is 63.2 Å². The van der Waals surface area contributed by atoms with Crippen LogP contribution in [-0.4, -0.2) is 51.4 Å². The fraction of sp³-hybridized carbons (Fsp3) is 0.562. The molecule has 0 radical (unpaired) electrons. The fourth-order valence-corrected chi connectivity index (χ4v) is 3.05. The second-order valence-corrected chi connectivity index (χ2v) is 5.40. The number of hydrogen-bond acceptors (Lipinski definition) is 6. The highest BCUT2D eigenvalue weighted by Gasteiger charge is 2.54. The maximum atomic E-state index is 11.8. The summed E-state index contributed by atoms with van der Waals surface area (Å²) in [7, 11) is 3.13. The molecule has 0 aliphatic carbocycles. The maximum Gasteiger partial charge on any atom is 0.308 e. The van der Waals surface area contributed by atoms with Gasteiger partial charge in [0.15, 0.2) is 6.10 Å². The first kappa shape index (κ1) is 15.4. The molecule has 2 heterocycles. The minimum absolute atomic E-state index is 0.107. The molecule has 120 valence electrons. The molecule has 1 aromatic carbocycles. The van der Waals surface area contributed by atoms with Crippen LogP contribution in [0, 0.1) is 0 Å². The quantitative estimate of drug-likeness (QED) is 0.606. The van der Waals surface area contributed by atoms with Gasteiger partial charge in [0.1, 0.15) is 25.1 Å². The number of methoxy groups -OCH3 is 2. The van der Waals surface area contributed by atoms with Crippen LogP contribution in [0.5, 0.6) is 0 Å². The summed E-state index contributed by atoms with van der Waals surface area (Å²) in [6, 6.07) is 9.75. The normalized spacial score (nSPS) is 34.3. The molecule has 0 spiro atoms. The van der Waals surface area contributed by atoms with Crippen LogP contribution in [0.2, 0.25) is 0 Å². The van der Waals surface area contributed by atoms with Crippen LogP contribution in [0.3, 0.4) is 0 Å². The molecule has 6 heteroatoms. The zero-order chi connectivity index (χ0) is 15.5. The van der Waals surface area contributed by atoms with E-state index in [2.05, 4.69) is 0 Å². The van der Waals surface area contributed by atoms with E-state index in [4.69, 9.17) is 23.7 Å². The minimum Gasteiger partial charge on any atom is -0.456 e. The molecule has 1 aromatic rings. The first-order chi connectivity index (χ1) is 10.7. The Kier molecular flexibility index (Phi) is 4.73. The zero-order valence-electron chi connectivity index (χ0n) is 12.6. The van der Waals surface area contributed by atoms with Gasteiger partial charge in [0, 0.05) is 14.2 Å². The number of esters is 1. The van der Waals surface area contributed by atoms with Crippen molar-refractivity contribution in [3.63, 3.8) is 0 Å². The largest absolute Gasteiger partial charge is 0.456 e. The summed E-state index contributed by atoms with van der Waals surface area (Å²) in [6.07, 6.45) is -1.71. The van der Waals surface area contributed by atoms with Crippen molar-refractivity contribution in [3.8, 4) is 0 Å². The molecule has 2 saturated heterocycles. The van der Waals surface area contributed by atoms with Crippen LogP contribution in [0.4, 0.5) is 0 Å². The van der Waals surface area contributed by atoms with Gasteiger partial charge in [-0.3, -0.25) is 4.79 Å². The predicted molar refractivity (Wildman–Crippen MR) is 76.1 cm³/mol. The van der Waals surface area contributed by atoms with E-state index in [-0.39, 0.29) is 37.5 Å². The summed E-state index contributed by atoms with van der Waals surface area (Å²) >= 11 is 0. The number of ether oxygens (including phenoxy) is 5. The van der Waals surface area contributed by atoms with E-state index in [1.165, 1.54) is 0 Å². The van der Waals surface area contributed by atoms with Crippen molar-refractivity contribution in [2.24, 2.45) is 0 Å². The van der Waals surface area contributed by atoms with Crippen molar-refractivity contribution < 1.29 is 28.5 Å². The SMILES string of the molecule is COCO[C@H]1[C@@H]2OC(=O)C[C@@H](OC)[C@@H]2O[C@@H]1c1ccccc1. The summed E-state index contributed by atoms with van der Waals surface area (Å²) in [5.41, 5.74) is 0.976. The maximum absolute atomic E-state index is 11.8. The Hall–Kier alpha value is -1.47. The van der Waals surface area contributed by atoms with Crippen LogP contribution in [0.25, 0.3) is 0 Å². The number of rotatable bonds is 5. The Morgan fingerprint density at radius 3 is 2.64 bits per heavy atom. The molecule has 6 nitrogen and oxygen atoms in total. The van der Waals surface area contributed by atoms with Crippen molar-refractivity contribution in [2.45, 2.75) is 36.9 Å². The Morgan fingerprint density at radius 2 is 1.95 bits per heavy atom. The van der Waals surface area contributed by atoms with Gasteiger partial charge in [-0.2, -0.15) is 0 Å². The average Bonchev–Trinajstić information content (AvgIpc) is 2.91. The first-order valence-electron chi connectivity index (χ1n) is 7.28. The van der Waals surface area contributed by atoms with E-state index in [0.717, 1.165) is 5.56 Å². The lowest BCUT2D eigenvalue weighted by molar-refractivity contribution is -0.183. The lowest BCUT2D eigenvalue weighted by Crippen LogP contribution is -2.49. The second-order valence-electron chi connectivity index (χ2n) is 5.40. The Morgan fingerprint density at radius 1 is 1.18 bits per heavy atom. The van der Waals surface area contributed by atoms with E-state index >= 15 is 0 Å². The molecule has 3 rings (SSSR count). The van der Waals surface area contributed by atoms with Crippen molar-refractivity contribution in [1.29, 1.82) is 0 Å².